The zero-order chi connectivity index (χ0) is 12.3. The summed E-state index contributed by atoms with van der Waals surface area (Å²) >= 11 is 0. The summed E-state index contributed by atoms with van der Waals surface area (Å²) in [6.07, 6.45) is 4.27. The van der Waals surface area contributed by atoms with Crippen LogP contribution in [0.4, 0.5) is 5.82 Å². The molecule has 1 aromatic heterocycles. The van der Waals surface area contributed by atoms with Gasteiger partial charge < -0.3 is 10.6 Å². The molecule has 0 amide bonds. The molecule has 0 aliphatic carbocycles. The lowest BCUT2D eigenvalue weighted by Gasteiger charge is -2.34. The van der Waals surface area contributed by atoms with E-state index < -0.39 is 0 Å². The molecule has 1 saturated heterocycles. The van der Waals surface area contributed by atoms with Crippen molar-refractivity contribution in [2.75, 3.05) is 25.0 Å². The zero-order valence-electron chi connectivity index (χ0n) is 11.0. The van der Waals surface area contributed by atoms with E-state index in [2.05, 4.69) is 27.5 Å². The molecule has 2 heterocycles. The van der Waals surface area contributed by atoms with Crippen LogP contribution in [0, 0.1) is 19.3 Å². The largest absolute Gasteiger partial charge is 0.368 e. The minimum Gasteiger partial charge on any atom is -0.368 e. The molecule has 0 saturated carbocycles. The highest BCUT2D eigenvalue weighted by molar-refractivity contribution is 5.33. The molecule has 0 bridgehead atoms. The van der Waals surface area contributed by atoms with Crippen molar-refractivity contribution in [2.45, 2.75) is 33.6 Å². The van der Waals surface area contributed by atoms with Crippen LogP contribution in [-0.2, 0) is 0 Å². The highest BCUT2D eigenvalue weighted by atomic mass is 15.0. The lowest BCUT2D eigenvalue weighted by atomic mass is 9.81. The van der Waals surface area contributed by atoms with Crippen LogP contribution in [0.25, 0.3) is 0 Å². The molecule has 0 radical (unpaired) electrons. The first-order chi connectivity index (χ1) is 8.09. The van der Waals surface area contributed by atoms with Crippen molar-refractivity contribution < 1.29 is 0 Å². The Bertz CT molecular complexity index is 383. The summed E-state index contributed by atoms with van der Waals surface area (Å²) in [7, 11) is 0. The molecule has 4 heteroatoms. The first kappa shape index (κ1) is 12.3. The van der Waals surface area contributed by atoms with Gasteiger partial charge in [-0.05, 0) is 45.2 Å². The van der Waals surface area contributed by atoms with E-state index in [4.69, 9.17) is 0 Å². The number of nitrogens with zero attached hydrogens (tertiary/aromatic N) is 2. The molecule has 1 aliphatic rings. The molecule has 0 unspecified atom stereocenters. The fourth-order valence-corrected chi connectivity index (χ4v) is 2.14. The number of nitrogens with one attached hydrogen (secondary N) is 2. The first-order valence-corrected chi connectivity index (χ1v) is 6.34. The number of aryl methyl sites for hydroxylation is 2. The van der Waals surface area contributed by atoms with E-state index in [9.17, 15) is 0 Å². The van der Waals surface area contributed by atoms with Crippen LogP contribution >= 0.6 is 0 Å². The normalized spacial score (nSPS) is 19.0. The molecular formula is C13H22N4. The van der Waals surface area contributed by atoms with E-state index >= 15 is 0 Å². The third-order valence-electron chi connectivity index (χ3n) is 3.70. The first-order valence-electron chi connectivity index (χ1n) is 6.34. The average molecular weight is 234 g/mol. The van der Waals surface area contributed by atoms with Crippen LogP contribution in [-0.4, -0.2) is 29.6 Å². The van der Waals surface area contributed by atoms with Gasteiger partial charge in [0.25, 0.3) is 0 Å². The summed E-state index contributed by atoms with van der Waals surface area (Å²) in [4.78, 5) is 8.83. The molecule has 0 spiro atoms. The summed E-state index contributed by atoms with van der Waals surface area (Å²) in [5.41, 5.74) is 2.39. The molecule has 1 fully saturated rings. The van der Waals surface area contributed by atoms with Gasteiger partial charge in [0.15, 0.2) is 0 Å². The quantitative estimate of drug-likeness (QED) is 0.838. The monoisotopic (exact) mass is 234 g/mol. The smallest absolute Gasteiger partial charge is 0.144 e. The second-order valence-electron chi connectivity index (χ2n) is 5.34. The topological polar surface area (TPSA) is 49.8 Å². The maximum atomic E-state index is 4.50. The van der Waals surface area contributed by atoms with Crippen molar-refractivity contribution in [3.63, 3.8) is 0 Å². The molecule has 0 atom stereocenters. The Morgan fingerprint density at radius 2 is 2.00 bits per heavy atom. The minimum absolute atomic E-state index is 0.381. The third-order valence-corrected chi connectivity index (χ3v) is 3.70. The van der Waals surface area contributed by atoms with Crippen LogP contribution in [0.2, 0.25) is 0 Å². The van der Waals surface area contributed by atoms with Gasteiger partial charge in [-0.3, -0.25) is 4.98 Å². The Kier molecular flexibility index (Phi) is 3.62. The number of anilines is 1. The van der Waals surface area contributed by atoms with Crippen LogP contribution in [0.15, 0.2) is 6.20 Å². The molecular weight excluding hydrogens is 212 g/mol. The zero-order valence-corrected chi connectivity index (χ0v) is 11.0. The van der Waals surface area contributed by atoms with Crippen LogP contribution in [0.1, 0.15) is 31.2 Å². The van der Waals surface area contributed by atoms with E-state index in [-0.39, 0.29) is 0 Å². The van der Waals surface area contributed by atoms with Gasteiger partial charge in [0.1, 0.15) is 5.82 Å². The van der Waals surface area contributed by atoms with Crippen LogP contribution in [0.5, 0.6) is 0 Å². The molecule has 1 aromatic rings. The molecule has 2 rings (SSSR count). The van der Waals surface area contributed by atoms with E-state index in [1.54, 1.807) is 0 Å². The Morgan fingerprint density at radius 1 is 1.29 bits per heavy atom. The van der Waals surface area contributed by atoms with Crippen molar-refractivity contribution in [1.29, 1.82) is 0 Å². The van der Waals surface area contributed by atoms with Crippen molar-refractivity contribution in [2.24, 2.45) is 5.41 Å². The summed E-state index contributed by atoms with van der Waals surface area (Å²) in [6, 6.07) is 0. The van der Waals surface area contributed by atoms with Crippen LogP contribution < -0.4 is 10.6 Å². The van der Waals surface area contributed by atoms with Gasteiger partial charge >= 0.3 is 0 Å². The molecule has 94 valence electrons. The average Bonchev–Trinajstić information content (AvgIpc) is 2.32. The van der Waals surface area contributed by atoms with Crippen molar-refractivity contribution in [1.82, 2.24) is 15.3 Å². The lowest BCUT2D eigenvalue weighted by molar-refractivity contribution is 0.247. The molecule has 0 aromatic carbocycles. The maximum Gasteiger partial charge on any atom is 0.144 e. The Labute approximate surface area is 103 Å². The van der Waals surface area contributed by atoms with Crippen molar-refractivity contribution in [3.05, 3.63) is 17.6 Å². The Morgan fingerprint density at radius 3 is 2.65 bits per heavy atom. The predicted molar refractivity (Wildman–Crippen MR) is 70.2 cm³/mol. The van der Waals surface area contributed by atoms with Crippen LogP contribution in [0.3, 0.4) is 0 Å². The fourth-order valence-electron chi connectivity index (χ4n) is 2.14. The van der Waals surface area contributed by atoms with Gasteiger partial charge in [0.05, 0.1) is 17.6 Å². The fraction of sp³-hybridized carbons (Fsp3) is 0.692. The van der Waals surface area contributed by atoms with Gasteiger partial charge in [-0.1, -0.05) is 6.92 Å². The predicted octanol–water partition coefficient (Wildman–Crippen LogP) is 1.90. The Hall–Kier alpha value is -1.16. The van der Waals surface area contributed by atoms with Gasteiger partial charge in [-0.15, -0.1) is 0 Å². The Balaban J connectivity index is 1.94. The van der Waals surface area contributed by atoms with Gasteiger partial charge in [-0.25, -0.2) is 4.98 Å². The van der Waals surface area contributed by atoms with Gasteiger partial charge in [-0.2, -0.15) is 0 Å². The lowest BCUT2D eigenvalue weighted by Crippen LogP contribution is -2.39. The summed E-state index contributed by atoms with van der Waals surface area (Å²) < 4.78 is 0. The van der Waals surface area contributed by atoms with E-state index in [0.29, 0.717) is 5.41 Å². The third kappa shape index (κ3) is 3.16. The standard InChI is InChI=1S/C13H22N4/c1-10-11(2)17-12(8-15-10)16-9-13(3)4-6-14-7-5-13/h8,14H,4-7,9H2,1-3H3,(H,16,17). The second-order valence-corrected chi connectivity index (χ2v) is 5.34. The van der Waals surface area contributed by atoms with E-state index in [1.807, 2.05) is 20.0 Å². The number of aromatic nitrogens is 2. The van der Waals surface area contributed by atoms with Crippen molar-refractivity contribution >= 4 is 5.82 Å². The molecule has 17 heavy (non-hydrogen) atoms. The summed E-state index contributed by atoms with van der Waals surface area (Å²) in [5, 5.41) is 6.82. The number of piperidine rings is 1. The minimum atomic E-state index is 0.381. The number of hydrogen-bond donors (Lipinski definition) is 2. The van der Waals surface area contributed by atoms with Crippen molar-refractivity contribution in [3.8, 4) is 0 Å². The highest BCUT2D eigenvalue weighted by Gasteiger charge is 2.26. The highest BCUT2D eigenvalue weighted by Crippen LogP contribution is 2.27. The van der Waals surface area contributed by atoms with E-state index in [0.717, 1.165) is 36.8 Å². The molecule has 1 aliphatic heterocycles. The second kappa shape index (κ2) is 5.00. The van der Waals surface area contributed by atoms with Gasteiger partial charge in [0, 0.05) is 6.54 Å². The number of hydrogen-bond acceptors (Lipinski definition) is 4. The molecule has 2 N–H and O–H groups in total. The van der Waals surface area contributed by atoms with Gasteiger partial charge in [0.2, 0.25) is 0 Å². The summed E-state index contributed by atoms with van der Waals surface area (Å²) in [6.45, 7) is 9.55. The number of rotatable bonds is 3. The molecule has 4 nitrogen and oxygen atoms in total. The summed E-state index contributed by atoms with van der Waals surface area (Å²) in [5.74, 6) is 0.896. The SMILES string of the molecule is Cc1ncc(NCC2(C)CCNCC2)nc1C. The van der Waals surface area contributed by atoms with E-state index in [1.165, 1.54) is 12.8 Å². The maximum absolute atomic E-state index is 4.50.